The quantitative estimate of drug-likeness (QED) is 0.600. The van der Waals surface area contributed by atoms with Gasteiger partial charge in [0.1, 0.15) is 17.1 Å². The molecule has 0 radical (unpaired) electrons. The van der Waals surface area contributed by atoms with Gasteiger partial charge < -0.3 is 15.1 Å². The Morgan fingerprint density at radius 3 is 2.58 bits per heavy atom. The fourth-order valence-corrected chi connectivity index (χ4v) is 4.62. The van der Waals surface area contributed by atoms with E-state index in [-0.39, 0.29) is 24.6 Å². The van der Waals surface area contributed by atoms with Gasteiger partial charge in [-0.3, -0.25) is 23.9 Å². The van der Waals surface area contributed by atoms with E-state index in [1.165, 1.54) is 18.4 Å². The molecule has 1 atom stereocenters. The Bertz CT molecular complexity index is 1160. The molecule has 1 saturated carbocycles. The maximum Gasteiger partial charge on any atom is 0.425 e. The van der Waals surface area contributed by atoms with E-state index in [0.717, 1.165) is 36.7 Å². The van der Waals surface area contributed by atoms with E-state index >= 15 is 0 Å². The van der Waals surface area contributed by atoms with Crippen LogP contribution in [0.2, 0.25) is 0 Å². The summed E-state index contributed by atoms with van der Waals surface area (Å²) in [6.07, 6.45) is 1.06. The van der Waals surface area contributed by atoms with Gasteiger partial charge in [0.2, 0.25) is 11.4 Å². The van der Waals surface area contributed by atoms with E-state index in [1.54, 1.807) is 5.32 Å². The zero-order chi connectivity index (χ0) is 23.8. The second kappa shape index (κ2) is 8.56. The highest BCUT2D eigenvalue weighted by Crippen LogP contribution is 2.45. The highest BCUT2D eigenvalue weighted by atomic mass is 19.4. The van der Waals surface area contributed by atoms with Gasteiger partial charge in [0.25, 0.3) is 11.5 Å². The second-order valence-corrected chi connectivity index (χ2v) is 8.44. The first-order chi connectivity index (χ1) is 15.6. The summed E-state index contributed by atoms with van der Waals surface area (Å²) in [5.41, 5.74) is -7.12. The molecule has 1 aliphatic carbocycles. The molecule has 2 aromatic heterocycles. The number of fused-ring (bicyclic) bond motifs is 1. The lowest BCUT2D eigenvalue weighted by atomic mass is 9.85. The molecule has 1 aliphatic heterocycles. The van der Waals surface area contributed by atoms with Crippen molar-refractivity contribution < 1.29 is 27.2 Å². The third kappa shape index (κ3) is 4.09. The standard InChI is InChI=1S/C21H23F3N4O5/c22-21(23,24)20(27-14(29)9-8-12-5-2-1-3-6-12)15-16(25-18(20)31)28(19(32)26-17(15)30)11-13-7-4-10-33-13/h4,7,10,12H,1-3,5-6,8-9,11H2,(H,25,31)(H,27,29)(H,26,30,32)/t20-/m0/s1. The lowest BCUT2D eigenvalue weighted by Gasteiger charge is -2.30. The fourth-order valence-electron chi connectivity index (χ4n) is 4.62. The lowest BCUT2D eigenvalue weighted by molar-refractivity contribution is -0.200. The monoisotopic (exact) mass is 468 g/mol. The van der Waals surface area contributed by atoms with E-state index in [4.69, 9.17) is 4.42 Å². The van der Waals surface area contributed by atoms with Gasteiger partial charge in [-0.1, -0.05) is 32.1 Å². The van der Waals surface area contributed by atoms with Gasteiger partial charge in [0, 0.05) is 6.42 Å². The number of carbonyl (C=O) groups is 2. The van der Waals surface area contributed by atoms with Crippen LogP contribution in [0.3, 0.4) is 0 Å². The predicted octanol–water partition coefficient (Wildman–Crippen LogP) is 2.36. The van der Waals surface area contributed by atoms with Gasteiger partial charge in [0.05, 0.1) is 12.8 Å². The molecule has 3 heterocycles. The van der Waals surface area contributed by atoms with Crippen molar-refractivity contribution in [2.75, 3.05) is 5.32 Å². The Morgan fingerprint density at radius 1 is 1.21 bits per heavy atom. The van der Waals surface area contributed by atoms with Crippen molar-refractivity contribution in [3.05, 3.63) is 50.6 Å². The van der Waals surface area contributed by atoms with E-state index < -0.39 is 46.2 Å². The number of hydrogen-bond acceptors (Lipinski definition) is 5. The topological polar surface area (TPSA) is 126 Å². The van der Waals surface area contributed by atoms with E-state index in [2.05, 4.69) is 0 Å². The zero-order valence-electron chi connectivity index (χ0n) is 17.6. The summed E-state index contributed by atoms with van der Waals surface area (Å²) >= 11 is 0. The van der Waals surface area contributed by atoms with Crippen LogP contribution in [-0.4, -0.2) is 27.5 Å². The number of aromatic nitrogens is 2. The molecular formula is C21H23F3N4O5. The molecule has 12 heteroatoms. The van der Waals surface area contributed by atoms with Gasteiger partial charge in [-0.25, -0.2) is 4.79 Å². The van der Waals surface area contributed by atoms with Crippen LogP contribution in [-0.2, 0) is 21.7 Å². The number of amides is 2. The Balaban J connectivity index is 1.71. The van der Waals surface area contributed by atoms with Crippen molar-refractivity contribution in [2.45, 2.75) is 63.2 Å². The molecule has 9 nitrogen and oxygen atoms in total. The first-order valence-electron chi connectivity index (χ1n) is 10.7. The molecule has 2 aliphatic rings. The molecule has 2 aromatic rings. The highest BCUT2D eigenvalue weighted by Gasteiger charge is 2.68. The van der Waals surface area contributed by atoms with Gasteiger partial charge in [-0.2, -0.15) is 13.2 Å². The average Bonchev–Trinajstić information content (AvgIpc) is 3.37. The van der Waals surface area contributed by atoms with Crippen LogP contribution < -0.4 is 21.9 Å². The van der Waals surface area contributed by atoms with Crippen molar-refractivity contribution in [1.29, 1.82) is 0 Å². The first kappa shape index (κ1) is 22.9. The molecule has 0 spiro atoms. The summed E-state index contributed by atoms with van der Waals surface area (Å²) in [6.45, 7) is -0.339. The molecule has 2 amide bonds. The van der Waals surface area contributed by atoms with Crippen LogP contribution in [0.5, 0.6) is 0 Å². The number of aromatic amines is 1. The third-order valence-electron chi connectivity index (χ3n) is 6.30. The van der Waals surface area contributed by atoms with Gasteiger partial charge in [-0.05, 0) is 24.5 Å². The number of furan rings is 1. The van der Waals surface area contributed by atoms with Crippen molar-refractivity contribution in [1.82, 2.24) is 14.9 Å². The maximum atomic E-state index is 14.4. The second-order valence-electron chi connectivity index (χ2n) is 8.44. The predicted molar refractivity (Wildman–Crippen MR) is 109 cm³/mol. The smallest absolute Gasteiger partial charge is 0.425 e. The number of halogens is 3. The molecule has 33 heavy (non-hydrogen) atoms. The minimum atomic E-state index is -5.34. The van der Waals surface area contributed by atoms with Crippen LogP contribution in [0.25, 0.3) is 0 Å². The number of nitrogens with one attached hydrogen (secondary N) is 3. The van der Waals surface area contributed by atoms with Crippen molar-refractivity contribution in [3.8, 4) is 0 Å². The molecule has 1 fully saturated rings. The summed E-state index contributed by atoms with van der Waals surface area (Å²) in [7, 11) is 0. The highest BCUT2D eigenvalue weighted by molar-refractivity contribution is 6.07. The van der Waals surface area contributed by atoms with Crippen molar-refractivity contribution >= 4 is 17.6 Å². The van der Waals surface area contributed by atoms with Crippen LogP contribution in [0.1, 0.15) is 56.3 Å². The Hall–Kier alpha value is -3.31. The van der Waals surface area contributed by atoms with Gasteiger partial charge in [-0.15, -0.1) is 0 Å². The summed E-state index contributed by atoms with van der Waals surface area (Å²) in [4.78, 5) is 52.0. The van der Waals surface area contributed by atoms with Crippen LogP contribution in [0.15, 0.2) is 32.4 Å². The van der Waals surface area contributed by atoms with Crippen LogP contribution in [0, 0.1) is 5.92 Å². The number of alkyl halides is 3. The number of nitrogens with zero attached hydrogens (tertiary/aromatic N) is 1. The molecule has 178 valence electrons. The largest absolute Gasteiger partial charge is 0.467 e. The number of carbonyl (C=O) groups excluding carboxylic acids is 2. The van der Waals surface area contributed by atoms with E-state index in [9.17, 15) is 32.3 Å². The number of hydrogen-bond donors (Lipinski definition) is 3. The first-order valence-corrected chi connectivity index (χ1v) is 10.7. The van der Waals surface area contributed by atoms with Gasteiger partial charge in [0.15, 0.2) is 0 Å². The van der Waals surface area contributed by atoms with Gasteiger partial charge >= 0.3 is 11.9 Å². The zero-order valence-corrected chi connectivity index (χ0v) is 17.6. The molecule has 0 saturated heterocycles. The summed E-state index contributed by atoms with van der Waals surface area (Å²) in [5.74, 6) is -2.83. The molecular weight excluding hydrogens is 445 g/mol. The number of H-pyrrole nitrogens is 1. The maximum absolute atomic E-state index is 14.4. The number of rotatable bonds is 6. The molecule has 0 bridgehead atoms. The third-order valence-corrected chi connectivity index (χ3v) is 6.30. The molecule has 0 aromatic carbocycles. The molecule has 4 rings (SSSR count). The Kier molecular flexibility index (Phi) is 5.93. The van der Waals surface area contributed by atoms with E-state index in [0.29, 0.717) is 6.42 Å². The normalized spacial score (nSPS) is 21.0. The van der Waals surface area contributed by atoms with Crippen LogP contribution >= 0.6 is 0 Å². The lowest BCUT2D eigenvalue weighted by Crippen LogP contribution is -2.62. The molecule has 3 N–H and O–H groups in total. The molecule has 0 unspecified atom stereocenters. The Morgan fingerprint density at radius 2 is 1.94 bits per heavy atom. The summed E-state index contributed by atoms with van der Waals surface area (Å²) in [5, 5.41) is 3.79. The minimum Gasteiger partial charge on any atom is -0.467 e. The summed E-state index contributed by atoms with van der Waals surface area (Å²) in [6, 6.07) is 2.99. The van der Waals surface area contributed by atoms with Crippen molar-refractivity contribution in [2.24, 2.45) is 5.92 Å². The SMILES string of the molecule is O=C(CCC1CCCCC1)N[C@]1(C(F)(F)F)C(=O)Nc2c1c(=O)[nH]c(=O)n2Cc1ccco1. The minimum absolute atomic E-state index is 0.210. The Labute approximate surface area is 185 Å². The fraction of sp³-hybridized carbons (Fsp3) is 0.524. The van der Waals surface area contributed by atoms with Crippen LogP contribution in [0.4, 0.5) is 19.0 Å². The summed E-state index contributed by atoms with van der Waals surface area (Å²) < 4.78 is 49.0. The number of anilines is 1. The van der Waals surface area contributed by atoms with Crippen molar-refractivity contribution in [3.63, 3.8) is 0 Å². The average molecular weight is 468 g/mol. The van der Waals surface area contributed by atoms with E-state index in [1.807, 2.05) is 10.3 Å².